The lowest BCUT2D eigenvalue weighted by Crippen LogP contribution is -1.99. The first-order chi connectivity index (χ1) is 7.63. The molecule has 0 radical (unpaired) electrons. The monoisotopic (exact) mass is 234 g/mol. The number of aryl methyl sites for hydroxylation is 1. The molecule has 2 aromatic rings. The summed E-state index contributed by atoms with van der Waals surface area (Å²) in [7, 11) is 0. The summed E-state index contributed by atoms with van der Waals surface area (Å²) >= 11 is 6.05. The molecule has 0 unspecified atom stereocenters. The number of carbonyl (C=O) groups is 1. The average molecular weight is 235 g/mol. The van der Waals surface area contributed by atoms with E-state index < -0.39 is 0 Å². The molecule has 0 fully saturated rings. The van der Waals surface area contributed by atoms with E-state index in [0.29, 0.717) is 10.6 Å². The molecule has 3 nitrogen and oxygen atoms in total. The lowest BCUT2D eigenvalue weighted by molar-refractivity contribution is 0.112. The van der Waals surface area contributed by atoms with Crippen LogP contribution >= 0.6 is 11.6 Å². The van der Waals surface area contributed by atoms with E-state index in [1.54, 1.807) is 10.9 Å². The molecule has 1 aromatic heterocycles. The molecule has 1 heterocycles. The van der Waals surface area contributed by atoms with Gasteiger partial charge in [0.2, 0.25) is 0 Å². The van der Waals surface area contributed by atoms with Gasteiger partial charge in [0, 0.05) is 5.02 Å². The first-order valence-corrected chi connectivity index (χ1v) is 5.27. The first-order valence-electron chi connectivity index (χ1n) is 4.90. The van der Waals surface area contributed by atoms with Gasteiger partial charge in [-0.25, -0.2) is 4.68 Å². The molecule has 0 aliphatic carbocycles. The van der Waals surface area contributed by atoms with E-state index in [0.717, 1.165) is 23.2 Å². The topological polar surface area (TPSA) is 34.9 Å². The minimum Gasteiger partial charge on any atom is -0.298 e. The maximum absolute atomic E-state index is 10.7. The van der Waals surface area contributed by atoms with Gasteiger partial charge in [-0.2, -0.15) is 5.10 Å². The predicted octanol–water partition coefficient (Wildman–Crippen LogP) is 2.96. The normalized spacial score (nSPS) is 10.4. The molecule has 0 aliphatic rings. The fraction of sp³-hybridized carbons (Fsp3) is 0.167. The van der Waals surface area contributed by atoms with Crippen LogP contribution in [0.15, 0.2) is 24.4 Å². The molecule has 0 atom stereocenters. The first kappa shape index (κ1) is 10.9. The van der Waals surface area contributed by atoms with Crippen molar-refractivity contribution < 1.29 is 4.79 Å². The third-order valence-corrected chi connectivity index (χ3v) is 2.98. The van der Waals surface area contributed by atoms with Crippen LogP contribution in [0.1, 0.15) is 21.6 Å². The third kappa shape index (κ3) is 1.74. The SMILES string of the molecule is Cc1ccc(-n2ncc(C=O)c2C)cc1Cl. The zero-order valence-electron chi connectivity index (χ0n) is 9.07. The van der Waals surface area contributed by atoms with E-state index in [1.165, 1.54) is 0 Å². The molecule has 16 heavy (non-hydrogen) atoms. The highest BCUT2D eigenvalue weighted by molar-refractivity contribution is 6.31. The van der Waals surface area contributed by atoms with Gasteiger partial charge in [-0.05, 0) is 31.5 Å². The summed E-state index contributed by atoms with van der Waals surface area (Å²) in [5.41, 5.74) is 3.29. The molecule has 0 bridgehead atoms. The van der Waals surface area contributed by atoms with Gasteiger partial charge >= 0.3 is 0 Å². The molecular weight excluding hydrogens is 224 g/mol. The molecular formula is C12H11ClN2O. The van der Waals surface area contributed by atoms with Gasteiger partial charge < -0.3 is 0 Å². The average Bonchev–Trinajstić information content (AvgIpc) is 2.64. The van der Waals surface area contributed by atoms with Crippen molar-refractivity contribution in [3.63, 3.8) is 0 Å². The van der Waals surface area contributed by atoms with Crippen molar-refractivity contribution in [2.45, 2.75) is 13.8 Å². The Morgan fingerprint density at radius 1 is 1.38 bits per heavy atom. The number of halogens is 1. The van der Waals surface area contributed by atoms with Gasteiger partial charge in [-0.1, -0.05) is 17.7 Å². The smallest absolute Gasteiger partial charge is 0.153 e. The van der Waals surface area contributed by atoms with Crippen LogP contribution in [0, 0.1) is 13.8 Å². The summed E-state index contributed by atoms with van der Waals surface area (Å²) in [6.45, 7) is 3.80. The van der Waals surface area contributed by atoms with Gasteiger partial charge in [0.15, 0.2) is 6.29 Å². The number of hydrogen-bond acceptors (Lipinski definition) is 2. The van der Waals surface area contributed by atoms with E-state index in [9.17, 15) is 4.79 Å². The van der Waals surface area contributed by atoms with Crippen LogP contribution in [-0.4, -0.2) is 16.1 Å². The highest BCUT2D eigenvalue weighted by Crippen LogP contribution is 2.20. The second-order valence-electron chi connectivity index (χ2n) is 3.65. The van der Waals surface area contributed by atoms with Crippen molar-refractivity contribution in [2.75, 3.05) is 0 Å². The number of hydrogen-bond donors (Lipinski definition) is 0. The summed E-state index contributed by atoms with van der Waals surface area (Å²) in [5.74, 6) is 0. The number of aldehydes is 1. The summed E-state index contributed by atoms with van der Waals surface area (Å²) in [4.78, 5) is 10.7. The van der Waals surface area contributed by atoms with Gasteiger partial charge in [0.05, 0.1) is 23.1 Å². The number of benzene rings is 1. The highest BCUT2D eigenvalue weighted by atomic mass is 35.5. The minimum absolute atomic E-state index is 0.594. The van der Waals surface area contributed by atoms with Crippen LogP contribution in [0.25, 0.3) is 5.69 Å². The van der Waals surface area contributed by atoms with Crippen molar-refractivity contribution in [1.82, 2.24) is 9.78 Å². The van der Waals surface area contributed by atoms with Crippen LogP contribution in [0.4, 0.5) is 0 Å². The molecule has 4 heteroatoms. The zero-order chi connectivity index (χ0) is 11.7. The molecule has 0 saturated heterocycles. The number of nitrogens with zero attached hydrogens (tertiary/aromatic N) is 2. The molecule has 0 saturated carbocycles. The van der Waals surface area contributed by atoms with Crippen molar-refractivity contribution in [2.24, 2.45) is 0 Å². The van der Waals surface area contributed by atoms with Crippen LogP contribution in [0.3, 0.4) is 0 Å². The zero-order valence-corrected chi connectivity index (χ0v) is 9.82. The van der Waals surface area contributed by atoms with Crippen molar-refractivity contribution in [3.05, 3.63) is 46.2 Å². The Morgan fingerprint density at radius 2 is 2.12 bits per heavy atom. The van der Waals surface area contributed by atoms with Crippen LogP contribution < -0.4 is 0 Å². The van der Waals surface area contributed by atoms with E-state index in [-0.39, 0.29) is 0 Å². The van der Waals surface area contributed by atoms with Crippen LogP contribution in [-0.2, 0) is 0 Å². The summed E-state index contributed by atoms with van der Waals surface area (Å²) in [5, 5.41) is 4.85. The summed E-state index contributed by atoms with van der Waals surface area (Å²) < 4.78 is 1.70. The van der Waals surface area contributed by atoms with Crippen molar-refractivity contribution >= 4 is 17.9 Å². The van der Waals surface area contributed by atoms with Crippen molar-refractivity contribution in [3.8, 4) is 5.69 Å². The fourth-order valence-corrected chi connectivity index (χ4v) is 1.69. The second-order valence-corrected chi connectivity index (χ2v) is 4.06. The maximum atomic E-state index is 10.7. The third-order valence-electron chi connectivity index (χ3n) is 2.57. The Balaban J connectivity index is 2.54. The maximum Gasteiger partial charge on any atom is 0.153 e. The molecule has 2 rings (SSSR count). The molecule has 0 amide bonds. The Hall–Kier alpha value is -1.61. The van der Waals surface area contributed by atoms with Gasteiger partial charge in [-0.15, -0.1) is 0 Å². The van der Waals surface area contributed by atoms with Gasteiger partial charge in [-0.3, -0.25) is 4.79 Å². The van der Waals surface area contributed by atoms with E-state index in [4.69, 9.17) is 11.6 Å². The molecule has 0 N–H and O–H groups in total. The minimum atomic E-state index is 0.594. The highest BCUT2D eigenvalue weighted by Gasteiger charge is 2.07. The van der Waals surface area contributed by atoms with E-state index in [1.807, 2.05) is 32.0 Å². The number of rotatable bonds is 2. The van der Waals surface area contributed by atoms with Gasteiger partial charge in [0.25, 0.3) is 0 Å². The molecule has 1 aromatic carbocycles. The Morgan fingerprint density at radius 3 is 2.69 bits per heavy atom. The van der Waals surface area contributed by atoms with E-state index in [2.05, 4.69) is 5.10 Å². The second kappa shape index (κ2) is 4.10. The number of carbonyl (C=O) groups excluding carboxylic acids is 1. The van der Waals surface area contributed by atoms with Gasteiger partial charge in [0.1, 0.15) is 0 Å². The standard InChI is InChI=1S/C12H11ClN2O/c1-8-3-4-11(5-12(8)13)15-9(2)10(7-16)6-14-15/h3-7H,1-2H3. The van der Waals surface area contributed by atoms with Crippen LogP contribution in [0.2, 0.25) is 5.02 Å². The molecule has 0 spiro atoms. The quantitative estimate of drug-likeness (QED) is 0.749. The Kier molecular flexibility index (Phi) is 2.79. The van der Waals surface area contributed by atoms with Crippen LogP contribution in [0.5, 0.6) is 0 Å². The Labute approximate surface area is 98.7 Å². The predicted molar refractivity (Wildman–Crippen MR) is 63.4 cm³/mol. The van der Waals surface area contributed by atoms with Crippen molar-refractivity contribution in [1.29, 1.82) is 0 Å². The number of aromatic nitrogens is 2. The van der Waals surface area contributed by atoms with E-state index >= 15 is 0 Å². The summed E-state index contributed by atoms with van der Waals surface area (Å²) in [6, 6.07) is 5.70. The Bertz CT molecular complexity index is 546. The lowest BCUT2D eigenvalue weighted by atomic mass is 10.2. The molecule has 82 valence electrons. The summed E-state index contributed by atoms with van der Waals surface area (Å²) in [6.07, 6.45) is 2.35. The largest absolute Gasteiger partial charge is 0.298 e. The lowest BCUT2D eigenvalue weighted by Gasteiger charge is -2.06. The molecule has 0 aliphatic heterocycles. The fourth-order valence-electron chi connectivity index (χ4n) is 1.51.